The molecule has 0 aliphatic heterocycles. The van der Waals surface area contributed by atoms with Crippen LogP contribution in [0.2, 0.25) is 5.02 Å². The van der Waals surface area contributed by atoms with E-state index in [1.165, 1.54) is 0 Å². The molecule has 0 aliphatic rings. The molecule has 102 valence electrons. The summed E-state index contributed by atoms with van der Waals surface area (Å²) < 4.78 is 5.64. The fourth-order valence-electron chi connectivity index (χ4n) is 1.77. The molecular weight excluding hydrogens is 267 g/mol. The Labute approximate surface area is 120 Å². The number of ether oxygens (including phenoxy) is 1. The zero-order valence-corrected chi connectivity index (χ0v) is 12.7. The van der Waals surface area contributed by atoms with E-state index in [4.69, 9.17) is 27.9 Å². The topological polar surface area (TPSA) is 9.23 Å². The third-order valence-electron chi connectivity index (χ3n) is 2.98. The van der Waals surface area contributed by atoms with Crippen LogP contribution in [0, 0.1) is 5.92 Å². The molecular formula is C15H22Cl2O. The third kappa shape index (κ3) is 5.60. The maximum Gasteiger partial charge on any atom is 0.0472 e. The quantitative estimate of drug-likeness (QED) is 0.477. The van der Waals surface area contributed by atoms with Crippen LogP contribution in [0.5, 0.6) is 0 Å². The lowest BCUT2D eigenvalue weighted by molar-refractivity contribution is 0.118. The van der Waals surface area contributed by atoms with Crippen LogP contribution in [0.25, 0.3) is 0 Å². The minimum Gasteiger partial charge on any atom is -0.381 e. The summed E-state index contributed by atoms with van der Waals surface area (Å²) in [5.41, 5.74) is 1.13. The van der Waals surface area contributed by atoms with Crippen LogP contribution >= 0.6 is 23.2 Å². The van der Waals surface area contributed by atoms with E-state index in [-0.39, 0.29) is 5.92 Å². The van der Waals surface area contributed by atoms with E-state index in [0.717, 1.165) is 36.6 Å². The average Bonchev–Trinajstić information content (AvgIpc) is 2.35. The van der Waals surface area contributed by atoms with Gasteiger partial charge in [0.2, 0.25) is 0 Å². The smallest absolute Gasteiger partial charge is 0.0472 e. The molecule has 18 heavy (non-hydrogen) atoms. The largest absolute Gasteiger partial charge is 0.381 e. The van der Waals surface area contributed by atoms with Crippen molar-refractivity contribution in [3.63, 3.8) is 0 Å². The van der Waals surface area contributed by atoms with Crippen molar-refractivity contribution in [2.24, 2.45) is 5.92 Å². The number of hydrogen-bond acceptors (Lipinski definition) is 1. The molecule has 0 spiro atoms. The Morgan fingerprint density at radius 2 is 1.78 bits per heavy atom. The van der Waals surface area contributed by atoms with Crippen LogP contribution in [-0.2, 0) is 4.74 Å². The van der Waals surface area contributed by atoms with Gasteiger partial charge in [0.25, 0.3) is 0 Å². The van der Waals surface area contributed by atoms with Gasteiger partial charge in [-0.1, -0.05) is 43.6 Å². The molecule has 0 amide bonds. The van der Waals surface area contributed by atoms with E-state index >= 15 is 0 Å². The molecule has 3 heteroatoms. The fraction of sp³-hybridized carbons (Fsp3) is 0.600. The van der Waals surface area contributed by atoms with E-state index in [1.807, 2.05) is 24.3 Å². The molecule has 1 nitrogen and oxygen atoms in total. The molecule has 0 saturated heterocycles. The van der Waals surface area contributed by atoms with Crippen LogP contribution in [0.4, 0.5) is 0 Å². The Bertz CT molecular complexity index is 339. The fourth-order valence-corrected chi connectivity index (χ4v) is 2.38. The molecule has 0 N–H and O–H groups in total. The highest BCUT2D eigenvalue weighted by Gasteiger charge is 2.13. The van der Waals surface area contributed by atoms with Gasteiger partial charge >= 0.3 is 0 Å². The SMILES string of the molecule is CC(C)CCOCCC(CCl)c1ccccc1Cl. The molecule has 0 aromatic heterocycles. The minimum absolute atomic E-state index is 0.277. The van der Waals surface area contributed by atoms with Crippen molar-refractivity contribution < 1.29 is 4.74 Å². The monoisotopic (exact) mass is 288 g/mol. The van der Waals surface area contributed by atoms with E-state index in [9.17, 15) is 0 Å². The molecule has 0 aliphatic carbocycles. The summed E-state index contributed by atoms with van der Waals surface area (Å²) in [6, 6.07) is 7.90. The van der Waals surface area contributed by atoms with Gasteiger partial charge in [0.15, 0.2) is 0 Å². The van der Waals surface area contributed by atoms with Gasteiger partial charge in [0.05, 0.1) is 0 Å². The molecule has 1 aromatic rings. The lowest BCUT2D eigenvalue weighted by atomic mass is 9.98. The van der Waals surface area contributed by atoms with Crippen molar-refractivity contribution in [2.45, 2.75) is 32.6 Å². The molecule has 1 rings (SSSR count). The Balaban J connectivity index is 2.36. The van der Waals surface area contributed by atoms with Crippen molar-refractivity contribution in [1.82, 2.24) is 0 Å². The molecule has 0 radical (unpaired) electrons. The van der Waals surface area contributed by atoms with E-state index in [1.54, 1.807) is 0 Å². The summed E-state index contributed by atoms with van der Waals surface area (Å²) in [7, 11) is 0. The van der Waals surface area contributed by atoms with Gasteiger partial charge in [-0.3, -0.25) is 0 Å². The zero-order chi connectivity index (χ0) is 13.4. The van der Waals surface area contributed by atoms with Gasteiger partial charge in [0, 0.05) is 30.0 Å². The van der Waals surface area contributed by atoms with Gasteiger partial charge in [-0.2, -0.15) is 0 Å². The van der Waals surface area contributed by atoms with Gasteiger partial charge in [0.1, 0.15) is 0 Å². The van der Waals surface area contributed by atoms with Crippen molar-refractivity contribution in [3.8, 4) is 0 Å². The number of alkyl halides is 1. The summed E-state index contributed by atoms with van der Waals surface area (Å²) in [6.45, 7) is 5.98. The second-order valence-electron chi connectivity index (χ2n) is 4.96. The number of hydrogen-bond donors (Lipinski definition) is 0. The van der Waals surface area contributed by atoms with E-state index in [0.29, 0.717) is 11.8 Å². The molecule has 1 unspecified atom stereocenters. The number of benzene rings is 1. The van der Waals surface area contributed by atoms with Crippen LogP contribution in [0.1, 0.15) is 38.2 Å². The summed E-state index contributed by atoms with van der Waals surface area (Å²) >= 11 is 12.2. The lowest BCUT2D eigenvalue weighted by Gasteiger charge is -2.16. The maximum atomic E-state index is 6.18. The summed E-state index contributed by atoms with van der Waals surface area (Å²) in [5, 5.41) is 0.797. The maximum absolute atomic E-state index is 6.18. The Morgan fingerprint density at radius 3 is 2.39 bits per heavy atom. The predicted octanol–water partition coefficient (Wildman–Crippen LogP) is 5.12. The van der Waals surface area contributed by atoms with Crippen LogP contribution in [-0.4, -0.2) is 19.1 Å². The molecule has 0 saturated carbocycles. The summed E-state index contributed by atoms with van der Waals surface area (Å²) in [5.74, 6) is 1.55. The highest BCUT2D eigenvalue weighted by Crippen LogP contribution is 2.27. The Hall–Kier alpha value is -0.240. The predicted molar refractivity (Wildman–Crippen MR) is 79.8 cm³/mol. The zero-order valence-electron chi connectivity index (χ0n) is 11.2. The average molecular weight is 289 g/mol. The normalized spacial score (nSPS) is 12.9. The van der Waals surface area contributed by atoms with Crippen molar-refractivity contribution in [1.29, 1.82) is 0 Å². The second kappa shape index (κ2) is 8.79. The van der Waals surface area contributed by atoms with E-state index < -0.39 is 0 Å². The lowest BCUT2D eigenvalue weighted by Crippen LogP contribution is -2.07. The molecule has 0 bridgehead atoms. The first-order chi connectivity index (χ1) is 8.65. The molecule has 0 fully saturated rings. The molecule has 1 atom stereocenters. The van der Waals surface area contributed by atoms with Crippen molar-refractivity contribution in [3.05, 3.63) is 34.9 Å². The van der Waals surface area contributed by atoms with Gasteiger partial charge in [-0.25, -0.2) is 0 Å². The first-order valence-corrected chi connectivity index (χ1v) is 7.44. The number of halogens is 2. The van der Waals surface area contributed by atoms with Crippen LogP contribution in [0.15, 0.2) is 24.3 Å². The minimum atomic E-state index is 0.277. The molecule has 1 aromatic carbocycles. The Kier molecular flexibility index (Phi) is 7.73. The van der Waals surface area contributed by atoms with Gasteiger partial charge < -0.3 is 4.74 Å². The summed E-state index contributed by atoms with van der Waals surface area (Å²) in [4.78, 5) is 0. The number of rotatable bonds is 8. The van der Waals surface area contributed by atoms with Crippen molar-refractivity contribution >= 4 is 23.2 Å². The standard InChI is InChI=1S/C15H22Cl2O/c1-12(2)7-9-18-10-8-13(11-16)14-5-3-4-6-15(14)17/h3-6,12-13H,7-11H2,1-2H3. The summed E-state index contributed by atoms with van der Waals surface area (Å²) in [6.07, 6.45) is 2.03. The Morgan fingerprint density at radius 1 is 1.11 bits per heavy atom. The highest BCUT2D eigenvalue weighted by molar-refractivity contribution is 6.31. The van der Waals surface area contributed by atoms with Crippen LogP contribution < -0.4 is 0 Å². The van der Waals surface area contributed by atoms with Crippen molar-refractivity contribution in [2.75, 3.05) is 19.1 Å². The first kappa shape index (κ1) is 15.8. The highest BCUT2D eigenvalue weighted by atomic mass is 35.5. The molecule has 0 heterocycles. The van der Waals surface area contributed by atoms with E-state index in [2.05, 4.69) is 13.8 Å². The second-order valence-corrected chi connectivity index (χ2v) is 5.67. The van der Waals surface area contributed by atoms with Crippen LogP contribution in [0.3, 0.4) is 0 Å². The van der Waals surface area contributed by atoms with Gasteiger partial charge in [-0.15, -0.1) is 11.6 Å². The van der Waals surface area contributed by atoms with Gasteiger partial charge in [-0.05, 0) is 30.4 Å². The third-order valence-corrected chi connectivity index (χ3v) is 3.70. The first-order valence-electron chi connectivity index (χ1n) is 6.53.